The lowest BCUT2D eigenvalue weighted by molar-refractivity contribution is -0.137. The van der Waals surface area contributed by atoms with Crippen LogP contribution in [0.4, 0.5) is 0 Å². The average Bonchev–Trinajstić information content (AvgIpc) is 2.63. The van der Waals surface area contributed by atoms with Crippen molar-refractivity contribution in [2.45, 2.75) is 38.3 Å². The van der Waals surface area contributed by atoms with E-state index in [-0.39, 0.29) is 18.1 Å². The number of amides is 1. The van der Waals surface area contributed by atoms with E-state index in [1.807, 2.05) is 4.90 Å². The molecule has 0 aromatic rings. The highest BCUT2D eigenvalue weighted by Gasteiger charge is 2.34. The van der Waals surface area contributed by atoms with Gasteiger partial charge in [0.1, 0.15) is 0 Å². The predicted octanol–water partition coefficient (Wildman–Crippen LogP) is -0.0323. The lowest BCUT2D eigenvalue weighted by Crippen LogP contribution is -2.50. The number of piperidine rings is 1. The van der Waals surface area contributed by atoms with Crippen molar-refractivity contribution in [3.05, 3.63) is 0 Å². The summed E-state index contributed by atoms with van der Waals surface area (Å²) in [6.07, 6.45) is 2.51. The summed E-state index contributed by atoms with van der Waals surface area (Å²) in [5.74, 6) is 0.607. The van der Waals surface area contributed by atoms with Gasteiger partial charge in [0.05, 0.1) is 12.1 Å². The first-order valence-corrected chi connectivity index (χ1v) is 5.88. The molecule has 2 N–H and O–H groups in total. The first-order valence-electron chi connectivity index (χ1n) is 5.88. The summed E-state index contributed by atoms with van der Waals surface area (Å²) in [5, 5.41) is 12.8. The molecule has 2 rings (SSSR count). The molecular formula is C11H20N2O2. The summed E-state index contributed by atoms with van der Waals surface area (Å²) in [5.41, 5.74) is 0. The number of rotatable bonds is 1. The first-order chi connectivity index (χ1) is 7.18. The second-order valence-electron chi connectivity index (χ2n) is 4.78. The normalized spacial score (nSPS) is 36.9. The van der Waals surface area contributed by atoms with Gasteiger partial charge in [0.2, 0.25) is 5.91 Å². The van der Waals surface area contributed by atoms with E-state index in [1.165, 1.54) is 0 Å². The Kier molecular flexibility index (Phi) is 3.26. The molecule has 2 heterocycles. The van der Waals surface area contributed by atoms with E-state index in [9.17, 15) is 9.90 Å². The van der Waals surface area contributed by atoms with Crippen molar-refractivity contribution >= 4 is 5.91 Å². The average molecular weight is 212 g/mol. The predicted molar refractivity (Wildman–Crippen MR) is 57.4 cm³/mol. The van der Waals surface area contributed by atoms with E-state index in [4.69, 9.17) is 0 Å². The third-order valence-corrected chi connectivity index (χ3v) is 3.51. The summed E-state index contributed by atoms with van der Waals surface area (Å²) < 4.78 is 0. The highest BCUT2D eigenvalue weighted by Crippen LogP contribution is 2.19. The van der Waals surface area contributed by atoms with E-state index >= 15 is 0 Å². The molecule has 2 unspecified atom stereocenters. The fourth-order valence-corrected chi connectivity index (χ4v) is 2.52. The zero-order chi connectivity index (χ0) is 10.8. The van der Waals surface area contributed by atoms with Crippen LogP contribution in [0, 0.1) is 5.92 Å². The number of aliphatic hydroxyl groups is 1. The molecule has 3 atom stereocenters. The minimum atomic E-state index is -0.320. The molecule has 0 aromatic heterocycles. The summed E-state index contributed by atoms with van der Waals surface area (Å²) in [6, 6.07) is -0.0182. The Morgan fingerprint density at radius 3 is 2.87 bits per heavy atom. The Hall–Kier alpha value is -0.610. The molecule has 4 nitrogen and oxygen atoms in total. The van der Waals surface area contributed by atoms with E-state index < -0.39 is 0 Å². The maximum atomic E-state index is 12.1. The summed E-state index contributed by atoms with van der Waals surface area (Å²) in [7, 11) is 0. The Morgan fingerprint density at radius 2 is 2.27 bits per heavy atom. The minimum absolute atomic E-state index is 0.0182. The number of β-amino-alcohol motifs (C(OH)–C–C–N with tert-alkyl or cyclic N) is 1. The van der Waals surface area contributed by atoms with Crippen molar-refractivity contribution in [3.8, 4) is 0 Å². The highest BCUT2D eigenvalue weighted by molar-refractivity contribution is 5.82. The monoisotopic (exact) mass is 212 g/mol. The van der Waals surface area contributed by atoms with Crippen LogP contribution in [0.1, 0.15) is 26.2 Å². The van der Waals surface area contributed by atoms with Crippen LogP contribution in [0.2, 0.25) is 0 Å². The molecule has 1 amide bonds. The van der Waals surface area contributed by atoms with E-state index in [0.717, 1.165) is 32.4 Å². The number of nitrogens with zero attached hydrogens (tertiary/aromatic N) is 1. The van der Waals surface area contributed by atoms with Crippen LogP contribution in [-0.2, 0) is 4.79 Å². The molecule has 0 saturated carbocycles. The van der Waals surface area contributed by atoms with Crippen LogP contribution in [-0.4, -0.2) is 47.7 Å². The van der Waals surface area contributed by atoms with Crippen LogP contribution in [0.5, 0.6) is 0 Å². The van der Waals surface area contributed by atoms with Crippen LogP contribution < -0.4 is 5.32 Å². The number of carbonyl (C=O) groups excluding carboxylic acids is 1. The summed E-state index contributed by atoms with van der Waals surface area (Å²) >= 11 is 0. The van der Waals surface area contributed by atoms with Crippen molar-refractivity contribution in [1.29, 1.82) is 0 Å². The molecule has 4 heteroatoms. The number of hydrogen-bond acceptors (Lipinski definition) is 3. The van der Waals surface area contributed by atoms with Gasteiger partial charge in [-0.05, 0) is 31.7 Å². The second-order valence-corrected chi connectivity index (χ2v) is 4.78. The number of carbonyl (C=O) groups is 1. The molecule has 2 fully saturated rings. The van der Waals surface area contributed by atoms with Gasteiger partial charge in [-0.2, -0.15) is 0 Å². The van der Waals surface area contributed by atoms with E-state index in [0.29, 0.717) is 12.5 Å². The highest BCUT2D eigenvalue weighted by atomic mass is 16.3. The van der Waals surface area contributed by atoms with Gasteiger partial charge in [0.15, 0.2) is 0 Å². The van der Waals surface area contributed by atoms with Crippen molar-refractivity contribution in [2.24, 2.45) is 5.92 Å². The zero-order valence-corrected chi connectivity index (χ0v) is 9.28. The maximum absolute atomic E-state index is 12.1. The molecule has 0 spiro atoms. The number of nitrogens with one attached hydrogen (secondary N) is 1. The van der Waals surface area contributed by atoms with Crippen molar-refractivity contribution < 1.29 is 9.90 Å². The van der Waals surface area contributed by atoms with Gasteiger partial charge in [0.25, 0.3) is 0 Å². The van der Waals surface area contributed by atoms with Gasteiger partial charge in [-0.25, -0.2) is 0 Å². The topological polar surface area (TPSA) is 52.6 Å². The molecule has 15 heavy (non-hydrogen) atoms. The number of hydrogen-bond donors (Lipinski definition) is 2. The summed E-state index contributed by atoms with van der Waals surface area (Å²) in [4.78, 5) is 13.9. The molecule has 2 aliphatic heterocycles. The molecule has 0 aliphatic carbocycles. The standard InChI is InChI=1S/C11H20N2O2/c1-8-4-5-12-10(8)11(15)13-6-2-3-9(14)7-13/h8-10,12,14H,2-7H2,1H3/t8?,9-,10?/m0/s1. The fourth-order valence-electron chi connectivity index (χ4n) is 2.52. The van der Waals surface area contributed by atoms with Crippen molar-refractivity contribution in [3.63, 3.8) is 0 Å². The minimum Gasteiger partial charge on any atom is -0.391 e. The van der Waals surface area contributed by atoms with Crippen LogP contribution in [0.3, 0.4) is 0 Å². The van der Waals surface area contributed by atoms with Gasteiger partial charge >= 0.3 is 0 Å². The smallest absolute Gasteiger partial charge is 0.240 e. The van der Waals surface area contributed by atoms with Gasteiger partial charge in [-0.1, -0.05) is 6.92 Å². The van der Waals surface area contributed by atoms with Crippen molar-refractivity contribution in [1.82, 2.24) is 10.2 Å². The third kappa shape index (κ3) is 2.32. The fraction of sp³-hybridized carbons (Fsp3) is 0.909. The Balaban J connectivity index is 1.94. The molecule has 0 aromatic carbocycles. The Labute approximate surface area is 90.6 Å². The number of aliphatic hydroxyl groups excluding tert-OH is 1. The van der Waals surface area contributed by atoms with Gasteiger partial charge in [0, 0.05) is 13.1 Å². The molecule has 86 valence electrons. The van der Waals surface area contributed by atoms with Gasteiger partial charge in [-0.3, -0.25) is 4.79 Å². The van der Waals surface area contributed by atoms with Crippen LogP contribution >= 0.6 is 0 Å². The molecule has 0 radical (unpaired) electrons. The molecule has 2 aliphatic rings. The largest absolute Gasteiger partial charge is 0.391 e. The lowest BCUT2D eigenvalue weighted by atomic mass is 10.0. The maximum Gasteiger partial charge on any atom is 0.240 e. The van der Waals surface area contributed by atoms with E-state index in [2.05, 4.69) is 12.2 Å². The Morgan fingerprint density at radius 1 is 1.47 bits per heavy atom. The van der Waals surface area contributed by atoms with E-state index in [1.54, 1.807) is 0 Å². The van der Waals surface area contributed by atoms with Crippen LogP contribution in [0.25, 0.3) is 0 Å². The molecule has 2 saturated heterocycles. The van der Waals surface area contributed by atoms with Crippen LogP contribution in [0.15, 0.2) is 0 Å². The Bertz CT molecular complexity index is 245. The quantitative estimate of drug-likeness (QED) is 0.641. The van der Waals surface area contributed by atoms with Gasteiger partial charge < -0.3 is 15.3 Å². The zero-order valence-electron chi connectivity index (χ0n) is 9.28. The van der Waals surface area contributed by atoms with Crippen molar-refractivity contribution in [2.75, 3.05) is 19.6 Å². The molecule has 0 bridgehead atoms. The molecular weight excluding hydrogens is 192 g/mol. The SMILES string of the molecule is CC1CCNC1C(=O)N1CCC[C@H](O)C1. The third-order valence-electron chi connectivity index (χ3n) is 3.51. The second kappa shape index (κ2) is 4.49. The number of likely N-dealkylation sites (tertiary alicyclic amines) is 1. The summed E-state index contributed by atoms with van der Waals surface area (Å²) in [6.45, 7) is 4.38. The van der Waals surface area contributed by atoms with Gasteiger partial charge in [-0.15, -0.1) is 0 Å². The lowest BCUT2D eigenvalue weighted by Gasteiger charge is -2.32. The first kappa shape index (κ1) is 10.9.